The summed E-state index contributed by atoms with van der Waals surface area (Å²) in [6.45, 7) is 6.09. The number of amidine groups is 1. The highest BCUT2D eigenvalue weighted by Gasteiger charge is 2.24. The third-order valence-electron chi connectivity index (χ3n) is 4.82. The van der Waals surface area contributed by atoms with E-state index in [2.05, 4.69) is 9.98 Å². The van der Waals surface area contributed by atoms with E-state index in [1.807, 2.05) is 9.47 Å². The number of ether oxygens (including phenoxy) is 2. The lowest BCUT2D eigenvalue weighted by Gasteiger charge is -2.28. The van der Waals surface area contributed by atoms with Gasteiger partial charge < -0.3 is 24.7 Å². The van der Waals surface area contributed by atoms with Crippen LogP contribution in [0.15, 0.2) is 4.99 Å². The van der Waals surface area contributed by atoms with Crippen LogP contribution in [0.1, 0.15) is 71.1 Å². The highest BCUT2D eigenvalue weighted by Crippen LogP contribution is 2.21. The van der Waals surface area contributed by atoms with Crippen molar-refractivity contribution in [2.75, 3.05) is 32.0 Å². The number of hydrogen-bond acceptors (Lipinski definition) is 8. The molecule has 1 aromatic heterocycles. The number of nitrogen functional groups attached to an aromatic ring is 1. The molecule has 2 N–H and O–H groups in total. The molecule has 0 aromatic carbocycles. The van der Waals surface area contributed by atoms with E-state index in [0.29, 0.717) is 30.6 Å². The smallest absolute Gasteiger partial charge is 0.358 e. The van der Waals surface area contributed by atoms with E-state index in [0.717, 1.165) is 57.4 Å². The molecule has 0 bridgehead atoms. The normalized spacial score (nSPS) is 16.2. The van der Waals surface area contributed by atoms with E-state index in [1.54, 1.807) is 20.0 Å². The number of anilines is 1. The van der Waals surface area contributed by atoms with Crippen LogP contribution in [0, 0.1) is 11.5 Å². The summed E-state index contributed by atoms with van der Waals surface area (Å²) in [5.74, 6) is 1.28. The summed E-state index contributed by atoms with van der Waals surface area (Å²) < 4.78 is 11.7. The number of rotatable bonds is 5. The minimum Gasteiger partial charge on any atom is -0.465 e. The fraction of sp³-hybridized carbons (Fsp3) is 0.667. The van der Waals surface area contributed by atoms with Crippen molar-refractivity contribution in [3.63, 3.8) is 0 Å². The average molecular weight is 438 g/mol. The third kappa shape index (κ3) is 7.27. The van der Waals surface area contributed by atoms with Crippen LogP contribution >= 0.6 is 0 Å². The van der Waals surface area contributed by atoms with Gasteiger partial charge in [-0.25, -0.2) is 9.78 Å². The average Bonchev–Trinajstić information content (AvgIpc) is 3.06. The molecule has 1 fully saturated rings. The number of aromatic nitrogens is 2. The number of piperidine rings is 1. The van der Waals surface area contributed by atoms with Gasteiger partial charge in [-0.1, -0.05) is 7.43 Å². The first-order valence-electron chi connectivity index (χ1n) is 10.4. The number of nitrogens with two attached hydrogens (primary N) is 1. The second-order valence-corrected chi connectivity index (χ2v) is 6.90. The molecule has 0 saturated carbocycles. The summed E-state index contributed by atoms with van der Waals surface area (Å²) in [5.41, 5.74) is 6.14. The number of carbonyl (C=O) groups excluding carboxylic acids is 2. The van der Waals surface area contributed by atoms with E-state index in [1.165, 1.54) is 0 Å². The van der Waals surface area contributed by atoms with Crippen LogP contribution in [0.4, 0.5) is 5.82 Å². The van der Waals surface area contributed by atoms with Crippen molar-refractivity contribution in [2.24, 2.45) is 4.99 Å². The van der Waals surface area contributed by atoms with Crippen LogP contribution in [-0.4, -0.2) is 58.5 Å². The van der Waals surface area contributed by atoms with Crippen molar-refractivity contribution in [3.05, 3.63) is 11.5 Å². The largest absolute Gasteiger partial charge is 0.465 e. The van der Waals surface area contributed by atoms with E-state index >= 15 is 0 Å². The minimum absolute atomic E-state index is 0. The zero-order chi connectivity index (χ0) is 21.9. The van der Waals surface area contributed by atoms with Gasteiger partial charge in [0.1, 0.15) is 18.2 Å². The highest BCUT2D eigenvalue weighted by molar-refractivity contribution is 5.92. The Hall–Kier alpha value is -3.09. The maximum absolute atomic E-state index is 11.6. The number of nitriles is 1. The molecule has 1 saturated heterocycles. The topological polar surface area (TPSA) is 136 Å². The second-order valence-electron chi connectivity index (χ2n) is 6.90. The van der Waals surface area contributed by atoms with Crippen LogP contribution in [0.5, 0.6) is 0 Å². The Morgan fingerprint density at radius 3 is 2.52 bits per heavy atom. The number of fused-ring (bicyclic) bond motifs is 1. The lowest BCUT2D eigenvalue weighted by atomic mass is 10.1. The summed E-state index contributed by atoms with van der Waals surface area (Å²) >= 11 is 0. The van der Waals surface area contributed by atoms with Gasteiger partial charge in [0.05, 0.1) is 13.2 Å². The van der Waals surface area contributed by atoms with Crippen LogP contribution < -0.4 is 5.73 Å². The molecule has 0 atom stereocenters. The van der Waals surface area contributed by atoms with Crippen LogP contribution in [0.3, 0.4) is 0 Å². The number of imidazole rings is 1. The van der Waals surface area contributed by atoms with Gasteiger partial charge in [0.15, 0.2) is 11.5 Å². The second kappa shape index (κ2) is 13.3. The molecular weight excluding hydrogens is 400 g/mol. The van der Waals surface area contributed by atoms with Crippen LogP contribution in [-0.2, 0) is 27.2 Å². The Kier molecular flexibility index (Phi) is 11.1. The van der Waals surface area contributed by atoms with Gasteiger partial charge >= 0.3 is 11.9 Å². The fourth-order valence-corrected chi connectivity index (χ4v) is 3.51. The predicted molar refractivity (Wildman–Crippen MR) is 119 cm³/mol. The van der Waals surface area contributed by atoms with Crippen molar-refractivity contribution in [3.8, 4) is 6.19 Å². The molecule has 1 aromatic rings. The first-order valence-corrected chi connectivity index (χ1v) is 10.4. The van der Waals surface area contributed by atoms with Gasteiger partial charge in [-0.05, 0) is 39.5 Å². The van der Waals surface area contributed by atoms with Crippen molar-refractivity contribution >= 4 is 23.6 Å². The SMILES string of the molecule is C.CCOC(=O)CN1CCCCC1=NC#N.CCOC(=O)c1c(N)nc2n1CCCC2.[2HH]. The van der Waals surface area contributed by atoms with E-state index in [4.69, 9.17) is 20.5 Å². The molecule has 2 aliphatic rings. The fourth-order valence-electron chi connectivity index (χ4n) is 3.51. The minimum atomic E-state index is -0.365. The van der Waals surface area contributed by atoms with Crippen molar-refractivity contribution < 1.29 is 20.5 Å². The predicted octanol–water partition coefficient (Wildman–Crippen LogP) is 2.78. The number of hydrogen-bond donors (Lipinski definition) is 1. The number of aryl methyl sites for hydroxylation is 1. The molecule has 174 valence electrons. The number of nitrogens with zero attached hydrogens (tertiary/aromatic N) is 5. The number of likely N-dealkylation sites (tertiary alicyclic amines) is 1. The molecule has 0 spiro atoms. The molecule has 31 heavy (non-hydrogen) atoms. The molecule has 0 amide bonds. The van der Waals surface area contributed by atoms with Crippen LogP contribution in [0.2, 0.25) is 0 Å². The molecule has 0 unspecified atom stereocenters. The molecule has 0 radical (unpaired) electrons. The highest BCUT2D eigenvalue weighted by atomic mass is 16.5. The van der Waals surface area contributed by atoms with Crippen molar-refractivity contribution in [2.45, 2.75) is 66.3 Å². The summed E-state index contributed by atoms with van der Waals surface area (Å²) in [7, 11) is 0. The van der Waals surface area contributed by atoms with Crippen molar-refractivity contribution in [1.29, 1.82) is 5.26 Å². The van der Waals surface area contributed by atoms with Crippen LogP contribution in [0.25, 0.3) is 0 Å². The Labute approximate surface area is 185 Å². The standard InChI is InChI=1S/2C10H15N3O2.CH4.H2/c1-2-15-10(14)8-9(11)12-7-5-3-4-6-13(7)8;1-2-15-10(14)7-13-6-4-3-5-9(13)12-8-11;;/h2-6,11H2,1H3;2-7H2,1H3;1H4;1H/i;;;1+1. The summed E-state index contributed by atoms with van der Waals surface area (Å²) in [6.07, 6.45) is 7.66. The molecule has 10 heteroatoms. The number of aliphatic imine (C=N–C) groups is 1. The summed E-state index contributed by atoms with van der Waals surface area (Å²) in [6, 6.07) is 0. The van der Waals surface area contributed by atoms with E-state index in [-0.39, 0.29) is 27.3 Å². The molecular formula is C21H36N6O4. The van der Waals surface area contributed by atoms with Gasteiger partial charge in [-0.2, -0.15) is 10.3 Å². The van der Waals surface area contributed by atoms with E-state index in [9.17, 15) is 9.59 Å². The molecule has 3 heterocycles. The first-order chi connectivity index (χ1) is 14.5. The zero-order valence-electron chi connectivity index (χ0n) is 17.7. The number of carbonyl (C=O) groups is 2. The Balaban J connectivity index is 0.000000565. The first kappa shape index (κ1) is 25.9. The van der Waals surface area contributed by atoms with E-state index < -0.39 is 0 Å². The van der Waals surface area contributed by atoms with Gasteiger partial charge in [0, 0.05) is 27.4 Å². The third-order valence-corrected chi connectivity index (χ3v) is 4.82. The van der Waals surface area contributed by atoms with Crippen molar-refractivity contribution in [1.82, 2.24) is 14.5 Å². The molecule has 10 nitrogen and oxygen atoms in total. The maximum atomic E-state index is 11.6. The van der Waals surface area contributed by atoms with Gasteiger partial charge in [-0.3, -0.25) is 4.79 Å². The lowest BCUT2D eigenvalue weighted by Crippen LogP contribution is -2.39. The van der Waals surface area contributed by atoms with Gasteiger partial charge in [0.2, 0.25) is 6.19 Å². The number of esters is 2. The zero-order valence-corrected chi connectivity index (χ0v) is 17.7. The Bertz CT molecular complexity index is 818. The molecule has 0 aliphatic carbocycles. The Morgan fingerprint density at radius 1 is 1.16 bits per heavy atom. The van der Waals surface area contributed by atoms with Gasteiger partial charge in [0.25, 0.3) is 0 Å². The lowest BCUT2D eigenvalue weighted by molar-refractivity contribution is -0.143. The summed E-state index contributed by atoms with van der Waals surface area (Å²) in [4.78, 5) is 32.6. The quantitative estimate of drug-likeness (QED) is 0.548. The molecule has 3 rings (SSSR count). The maximum Gasteiger partial charge on any atom is 0.358 e. The molecule has 2 aliphatic heterocycles. The monoisotopic (exact) mass is 437 g/mol. The van der Waals surface area contributed by atoms with Gasteiger partial charge in [-0.15, -0.1) is 0 Å². The summed E-state index contributed by atoms with van der Waals surface area (Å²) in [5, 5.41) is 8.49. The Morgan fingerprint density at radius 2 is 1.84 bits per heavy atom.